The molecule has 0 unspecified atom stereocenters. The number of anilines is 2. The van der Waals surface area contributed by atoms with Gasteiger partial charge < -0.3 is 19.0 Å². The van der Waals surface area contributed by atoms with Gasteiger partial charge in [-0.1, -0.05) is 36.0 Å². The standard InChI is InChI=1S/C23H21N5O3S/c1-4-30-20-12-8-5-9-15(20)21-25-26-23(31-21)32-14-19(29)16(13-24)22-27(2)17-10-6-7-11-18(17)28(22)3/h5-12H,4,14H2,1-3H3. The van der Waals surface area contributed by atoms with Gasteiger partial charge in [0.2, 0.25) is 0 Å². The second-order valence-electron chi connectivity index (χ2n) is 6.93. The number of hydrogen-bond donors (Lipinski definition) is 0. The SMILES string of the molecule is CCOc1ccccc1-c1nnc(SCC(=O)C(C#N)=C2N(C)c3ccccc3N2C)o1. The minimum absolute atomic E-state index is 0.000835. The number of ether oxygens (including phenoxy) is 1. The van der Waals surface area contributed by atoms with E-state index in [1.54, 1.807) is 0 Å². The van der Waals surface area contributed by atoms with E-state index in [0.29, 0.717) is 29.6 Å². The minimum Gasteiger partial charge on any atom is -0.493 e. The molecular formula is C23H21N5O3S. The summed E-state index contributed by atoms with van der Waals surface area (Å²) in [7, 11) is 3.69. The number of carbonyl (C=O) groups excluding carboxylic acids is 1. The zero-order valence-electron chi connectivity index (χ0n) is 17.9. The van der Waals surface area contributed by atoms with Crippen LogP contribution in [0.25, 0.3) is 11.5 Å². The zero-order valence-corrected chi connectivity index (χ0v) is 18.7. The molecule has 0 saturated carbocycles. The molecule has 0 fully saturated rings. The normalized spacial score (nSPS) is 12.5. The molecule has 0 saturated heterocycles. The van der Waals surface area contributed by atoms with Crippen molar-refractivity contribution in [3.8, 4) is 23.3 Å². The minimum atomic E-state index is -0.312. The van der Waals surface area contributed by atoms with E-state index in [1.165, 1.54) is 0 Å². The van der Waals surface area contributed by atoms with E-state index in [2.05, 4.69) is 16.3 Å². The summed E-state index contributed by atoms with van der Waals surface area (Å²) in [4.78, 5) is 16.6. The van der Waals surface area contributed by atoms with Crippen molar-refractivity contribution in [1.82, 2.24) is 10.2 Å². The number of thioether (sulfide) groups is 1. The molecule has 9 heteroatoms. The molecule has 2 aromatic carbocycles. The van der Waals surface area contributed by atoms with E-state index in [4.69, 9.17) is 9.15 Å². The molecule has 4 rings (SSSR count). The van der Waals surface area contributed by atoms with Gasteiger partial charge in [-0.2, -0.15) is 5.26 Å². The van der Waals surface area contributed by atoms with Crippen molar-refractivity contribution in [2.24, 2.45) is 0 Å². The van der Waals surface area contributed by atoms with Crippen molar-refractivity contribution in [2.45, 2.75) is 12.1 Å². The van der Waals surface area contributed by atoms with Crippen LogP contribution in [0, 0.1) is 11.3 Å². The number of nitriles is 1. The van der Waals surface area contributed by atoms with Crippen LogP contribution in [0.15, 0.2) is 69.6 Å². The summed E-state index contributed by atoms with van der Waals surface area (Å²) in [5.41, 5.74) is 2.65. The Labute approximate surface area is 190 Å². The lowest BCUT2D eigenvalue weighted by Crippen LogP contribution is -2.26. The Balaban J connectivity index is 1.51. The predicted molar refractivity (Wildman–Crippen MR) is 123 cm³/mol. The van der Waals surface area contributed by atoms with Gasteiger partial charge in [-0.05, 0) is 31.2 Å². The van der Waals surface area contributed by atoms with Crippen LogP contribution in [0.4, 0.5) is 11.4 Å². The van der Waals surface area contributed by atoms with Crippen molar-refractivity contribution in [2.75, 3.05) is 36.3 Å². The molecule has 8 nitrogen and oxygen atoms in total. The Hall–Kier alpha value is -3.77. The summed E-state index contributed by atoms with van der Waals surface area (Å²) in [5, 5.41) is 18.1. The first-order valence-corrected chi connectivity index (χ1v) is 11.0. The Kier molecular flexibility index (Phi) is 6.14. The molecule has 1 aromatic heterocycles. The first-order chi connectivity index (χ1) is 15.5. The van der Waals surface area contributed by atoms with Crippen molar-refractivity contribution in [3.05, 3.63) is 59.9 Å². The molecule has 32 heavy (non-hydrogen) atoms. The fourth-order valence-electron chi connectivity index (χ4n) is 3.56. The average molecular weight is 448 g/mol. The van der Waals surface area contributed by atoms with Gasteiger partial charge in [0.15, 0.2) is 5.78 Å². The Morgan fingerprint density at radius 2 is 1.75 bits per heavy atom. The molecule has 0 radical (unpaired) electrons. The summed E-state index contributed by atoms with van der Waals surface area (Å²) in [6, 6.07) is 17.2. The van der Waals surface area contributed by atoms with Gasteiger partial charge >= 0.3 is 0 Å². The molecule has 2 heterocycles. The van der Waals surface area contributed by atoms with Gasteiger partial charge in [-0.3, -0.25) is 4.79 Å². The highest BCUT2D eigenvalue weighted by atomic mass is 32.2. The Morgan fingerprint density at radius 1 is 1.09 bits per heavy atom. The smallest absolute Gasteiger partial charge is 0.277 e. The van der Waals surface area contributed by atoms with E-state index < -0.39 is 0 Å². The van der Waals surface area contributed by atoms with Crippen molar-refractivity contribution in [3.63, 3.8) is 0 Å². The summed E-state index contributed by atoms with van der Waals surface area (Å²) >= 11 is 1.10. The molecule has 3 aromatic rings. The lowest BCUT2D eigenvalue weighted by Gasteiger charge is -2.19. The number of nitrogens with zero attached hydrogens (tertiary/aromatic N) is 5. The summed E-state index contributed by atoms with van der Waals surface area (Å²) < 4.78 is 11.3. The maximum Gasteiger partial charge on any atom is 0.277 e. The van der Waals surface area contributed by atoms with Crippen molar-refractivity contribution in [1.29, 1.82) is 5.26 Å². The summed E-state index contributed by atoms with van der Waals surface area (Å²) in [6.45, 7) is 2.41. The number of carbonyl (C=O) groups is 1. The van der Waals surface area contributed by atoms with Crippen LogP contribution in [0.3, 0.4) is 0 Å². The summed E-state index contributed by atoms with van der Waals surface area (Å²) in [5.74, 6) is 1.20. The zero-order chi connectivity index (χ0) is 22.7. The number of hydrogen-bond acceptors (Lipinski definition) is 9. The van der Waals surface area contributed by atoms with E-state index in [9.17, 15) is 10.1 Å². The van der Waals surface area contributed by atoms with Crippen LogP contribution < -0.4 is 14.5 Å². The molecule has 162 valence electrons. The number of aromatic nitrogens is 2. The fourth-order valence-corrected chi connectivity index (χ4v) is 4.19. The molecule has 0 atom stereocenters. The number of rotatable bonds is 7. The largest absolute Gasteiger partial charge is 0.493 e. The molecule has 0 bridgehead atoms. The maximum atomic E-state index is 12.9. The third-order valence-electron chi connectivity index (χ3n) is 5.00. The number of allylic oxidation sites excluding steroid dienone is 1. The number of benzene rings is 2. The number of ketones is 1. The molecular weight excluding hydrogens is 426 g/mol. The van der Waals surface area contributed by atoms with Gasteiger partial charge in [0.05, 0.1) is 29.3 Å². The lowest BCUT2D eigenvalue weighted by atomic mass is 10.2. The van der Waals surface area contributed by atoms with E-state index in [-0.39, 0.29) is 22.3 Å². The lowest BCUT2D eigenvalue weighted by molar-refractivity contribution is -0.112. The summed E-state index contributed by atoms with van der Waals surface area (Å²) in [6.07, 6.45) is 0. The molecule has 0 N–H and O–H groups in total. The highest BCUT2D eigenvalue weighted by molar-refractivity contribution is 7.99. The molecule has 0 amide bonds. The van der Waals surface area contributed by atoms with Crippen LogP contribution >= 0.6 is 11.8 Å². The number of fused-ring (bicyclic) bond motifs is 1. The monoisotopic (exact) mass is 447 g/mol. The fraction of sp³-hybridized carbons (Fsp3) is 0.217. The predicted octanol–water partition coefficient (Wildman–Crippen LogP) is 4.12. The Morgan fingerprint density at radius 3 is 2.41 bits per heavy atom. The maximum absolute atomic E-state index is 12.9. The van der Waals surface area contributed by atoms with E-state index in [0.717, 1.165) is 23.1 Å². The highest BCUT2D eigenvalue weighted by Crippen LogP contribution is 2.40. The average Bonchev–Trinajstić information content (AvgIpc) is 3.38. The quantitative estimate of drug-likeness (QED) is 0.301. The van der Waals surface area contributed by atoms with Crippen LogP contribution in [0.2, 0.25) is 0 Å². The van der Waals surface area contributed by atoms with Gasteiger partial charge in [-0.15, -0.1) is 10.2 Å². The van der Waals surface area contributed by atoms with Crippen molar-refractivity contribution < 1.29 is 13.9 Å². The van der Waals surface area contributed by atoms with Crippen LogP contribution in [-0.4, -0.2) is 42.4 Å². The molecule has 1 aliphatic rings. The molecule has 0 spiro atoms. The van der Waals surface area contributed by atoms with Gasteiger partial charge in [0.1, 0.15) is 23.2 Å². The van der Waals surface area contributed by atoms with Gasteiger partial charge in [-0.25, -0.2) is 0 Å². The van der Waals surface area contributed by atoms with Crippen LogP contribution in [0.5, 0.6) is 5.75 Å². The van der Waals surface area contributed by atoms with E-state index >= 15 is 0 Å². The Bertz CT molecular complexity index is 1200. The topological polar surface area (TPSA) is 95.5 Å². The number of para-hydroxylation sites is 3. The third kappa shape index (κ3) is 3.92. The highest BCUT2D eigenvalue weighted by Gasteiger charge is 2.31. The van der Waals surface area contributed by atoms with Gasteiger partial charge in [0.25, 0.3) is 11.1 Å². The van der Waals surface area contributed by atoms with E-state index in [1.807, 2.05) is 79.3 Å². The van der Waals surface area contributed by atoms with Crippen LogP contribution in [0.1, 0.15) is 6.92 Å². The second kappa shape index (κ2) is 9.16. The van der Waals surface area contributed by atoms with Gasteiger partial charge in [0, 0.05) is 14.1 Å². The second-order valence-corrected chi connectivity index (χ2v) is 7.86. The first-order valence-electron chi connectivity index (χ1n) is 9.97. The van der Waals surface area contributed by atoms with Crippen molar-refractivity contribution >= 4 is 28.9 Å². The molecule has 1 aliphatic heterocycles. The first kappa shape index (κ1) is 21.5. The molecule has 0 aliphatic carbocycles. The number of Topliss-reactive ketones (excluding diaryl/α,β-unsaturated/α-hetero) is 1. The van der Waals surface area contributed by atoms with Crippen LogP contribution in [-0.2, 0) is 4.79 Å². The third-order valence-corrected chi connectivity index (χ3v) is 5.82.